The van der Waals surface area contributed by atoms with Gasteiger partial charge in [-0.1, -0.05) is 12.1 Å². The van der Waals surface area contributed by atoms with Crippen molar-refractivity contribution in [3.63, 3.8) is 0 Å². The zero-order valence-corrected chi connectivity index (χ0v) is 16.5. The van der Waals surface area contributed by atoms with Gasteiger partial charge >= 0.3 is 0 Å². The zero-order valence-electron chi connectivity index (χ0n) is 16.5. The highest BCUT2D eigenvalue weighted by atomic mass is 19.1. The molecule has 4 rings (SSSR count). The molecule has 0 bridgehead atoms. The smallest absolute Gasteiger partial charge is 0.256 e. The number of rotatable bonds is 4. The number of carbonyl (C=O) groups is 1. The van der Waals surface area contributed by atoms with E-state index < -0.39 is 5.41 Å². The summed E-state index contributed by atoms with van der Waals surface area (Å²) in [6, 6.07) is 16.0. The monoisotopic (exact) mass is 400 g/mol. The van der Waals surface area contributed by atoms with Crippen molar-refractivity contribution in [2.24, 2.45) is 5.41 Å². The van der Waals surface area contributed by atoms with Crippen molar-refractivity contribution in [3.8, 4) is 17.3 Å². The summed E-state index contributed by atoms with van der Waals surface area (Å²) in [5.41, 5.74) is 2.41. The second kappa shape index (κ2) is 8.42. The van der Waals surface area contributed by atoms with E-state index in [2.05, 4.69) is 16.0 Å². The van der Waals surface area contributed by atoms with Crippen LogP contribution in [0.5, 0.6) is 0 Å². The fraction of sp³-hybridized carbons (Fsp3) is 0.250. The van der Waals surface area contributed by atoms with Gasteiger partial charge in [0.1, 0.15) is 5.82 Å². The van der Waals surface area contributed by atoms with Gasteiger partial charge in [0, 0.05) is 37.2 Å². The van der Waals surface area contributed by atoms with Crippen LogP contribution in [0.3, 0.4) is 0 Å². The van der Waals surface area contributed by atoms with E-state index in [1.807, 2.05) is 12.1 Å². The van der Waals surface area contributed by atoms with Crippen LogP contribution >= 0.6 is 0 Å². The molecule has 1 aliphatic rings. The minimum absolute atomic E-state index is 0.0803. The van der Waals surface area contributed by atoms with Crippen LogP contribution in [-0.2, 0) is 6.42 Å². The Labute approximate surface area is 174 Å². The molecule has 1 amide bonds. The Balaban J connectivity index is 1.50. The Kier molecular flexibility index (Phi) is 5.53. The lowest BCUT2D eigenvalue weighted by molar-refractivity contribution is 0.0647. The average Bonchev–Trinajstić information content (AvgIpc) is 2.81. The first-order valence-corrected chi connectivity index (χ1v) is 9.91. The molecule has 1 aromatic carbocycles. The fourth-order valence-electron chi connectivity index (χ4n) is 3.95. The predicted molar refractivity (Wildman–Crippen MR) is 111 cm³/mol. The largest absolute Gasteiger partial charge is 0.338 e. The summed E-state index contributed by atoms with van der Waals surface area (Å²) in [4.78, 5) is 23.5. The molecule has 30 heavy (non-hydrogen) atoms. The molecule has 0 radical (unpaired) electrons. The summed E-state index contributed by atoms with van der Waals surface area (Å²) in [6.07, 6.45) is 6.74. The van der Waals surface area contributed by atoms with E-state index in [-0.39, 0.29) is 11.7 Å². The maximum absolute atomic E-state index is 13.2. The molecule has 0 aliphatic carbocycles. The number of nitriles is 1. The lowest BCUT2D eigenvalue weighted by Gasteiger charge is -2.37. The van der Waals surface area contributed by atoms with Crippen LogP contribution in [0, 0.1) is 22.6 Å². The van der Waals surface area contributed by atoms with E-state index >= 15 is 0 Å². The van der Waals surface area contributed by atoms with Crippen LogP contribution in [0.1, 0.15) is 28.8 Å². The first kappa shape index (κ1) is 19.7. The van der Waals surface area contributed by atoms with Gasteiger partial charge in [0.25, 0.3) is 5.91 Å². The molecular formula is C24H21FN4O. The first-order valence-electron chi connectivity index (χ1n) is 9.91. The summed E-state index contributed by atoms with van der Waals surface area (Å²) in [5.74, 6) is -0.366. The predicted octanol–water partition coefficient (Wildman–Crippen LogP) is 4.27. The molecule has 0 spiro atoms. The summed E-state index contributed by atoms with van der Waals surface area (Å²) >= 11 is 0. The lowest BCUT2D eigenvalue weighted by atomic mass is 9.75. The van der Waals surface area contributed by atoms with Crippen molar-refractivity contribution in [1.29, 1.82) is 5.26 Å². The number of halogens is 1. The van der Waals surface area contributed by atoms with E-state index in [1.165, 1.54) is 12.1 Å². The molecule has 3 aromatic rings. The number of nitrogens with zero attached hydrogens (tertiary/aromatic N) is 4. The summed E-state index contributed by atoms with van der Waals surface area (Å²) in [5, 5.41) is 9.85. The number of benzene rings is 1. The maximum Gasteiger partial charge on any atom is 0.256 e. The zero-order chi connectivity index (χ0) is 21.0. The Hall–Kier alpha value is -3.59. The Morgan fingerprint density at radius 2 is 1.77 bits per heavy atom. The van der Waals surface area contributed by atoms with Gasteiger partial charge in [0.2, 0.25) is 0 Å². The number of carbonyl (C=O) groups excluding carboxylic acids is 1. The Morgan fingerprint density at radius 3 is 2.43 bits per heavy atom. The Morgan fingerprint density at radius 1 is 1.07 bits per heavy atom. The average molecular weight is 400 g/mol. The second-order valence-electron chi connectivity index (χ2n) is 7.62. The SMILES string of the molecule is N#CC1(Cc2ccc(F)cc2)CCN(C(=O)c2cccnc2-c2ccncc2)CC1. The van der Waals surface area contributed by atoms with Gasteiger partial charge in [-0.25, -0.2) is 4.39 Å². The topological polar surface area (TPSA) is 69.9 Å². The third-order valence-corrected chi connectivity index (χ3v) is 5.69. The highest BCUT2D eigenvalue weighted by molar-refractivity contribution is 5.99. The van der Waals surface area contributed by atoms with Crippen LogP contribution in [0.25, 0.3) is 11.3 Å². The van der Waals surface area contributed by atoms with Gasteiger partial charge in [0.15, 0.2) is 0 Å². The molecule has 150 valence electrons. The Bertz CT molecular complexity index is 1070. The van der Waals surface area contributed by atoms with Crippen LogP contribution in [-0.4, -0.2) is 33.9 Å². The fourth-order valence-corrected chi connectivity index (χ4v) is 3.95. The van der Waals surface area contributed by atoms with E-state index in [1.54, 1.807) is 47.8 Å². The van der Waals surface area contributed by atoms with E-state index in [4.69, 9.17) is 0 Å². The molecule has 0 saturated carbocycles. The number of piperidine rings is 1. The molecule has 2 aromatic heterocycles. The summed E-state index contributed by atoms with van der Waals surface area (Å²) in [6.45, 7) is 0.997. The van der Waals surface area contributed by atoms with E-state index in [0.717, 1.165) is 11.1 Å². The van der Waals surface area contributed by atoms with Gasteiger partial charge in [0.05, 0.1) is 22.7 Å². The quantitative estimate of drug-likeness (QED) is 0.656. The molecule has 1 aliphatic heterocycles. The maximum atomic E-state index is 13.2. The number of aromatic nitrogens is 2. The molecule has 1 saturated heterocycles. The summed E-state index contributed by atoms with van der Waals surface area (Å²) in [7, 11) is 0. The van der Waals surface area contributed by atoms with Crippen LogP contribution in [0.15, 0.2) is 67.1 Å². The molecule has 0 atom stereocenters. The van der Waals surface area contributed by atoms with Crippen LogP contribution < -0.4 is 0 Å². The molecule has 1 fully saturated rings. The van der Waals surface area contributed by atoms with Crippen molar-refractivity contribution in [3.05, 3.63) is 84.1 Å². The van der Waals surface area contributed by atoms with Crippen LogP contribution in [0.2, 0.25) is 0 Å². The van der Waals surface area contributed by atoms with Gasteiger partial charge in [-0.3, -0.25) is 14.8 Å². The molecular weight excluding hydrogens is 379 g/mol. The van der Waals surface area contributed by atoms with Gasteiger partial charge in [-0.05, 0) is 61.2 Å². The molecule has 5 nitrogen and oxygen atoms in total. The van der Waals surface area contributed by atoms with Crippen molar-refractivity contribution < 1.29 is 9.18 Å². The normalized spacial score (nSPS) is 15.4. The second-order valence-corrected chi connectivity index (χ2v) is 7.62. The van der Waals surface area contributed by atoms with Crippen molar-refractivity contribution in [1.82, 2.24) is 14.9 Å². The van der Waals surface area contributed by atoms with Gasteiger partial charge in [-0.2, -0.15) is 5.26 Å². The number of likely N-dealkylation sites (tertiary alicyclic amines) is 1. The third-order valence-electron chi connectivity index (χ3n) is 5.69. The van der Waals surface area contributed by atoms with Gasteiger partial charge < -0.3 is 4.90 Å². The third kappa shape index (κ3) is 4.06. The number of hydrogen-bond acceptors (Lipinski definition) is 4. The minimum atomic E-state index is -0.544. The number of amides is 1. The van der Waals surface area contributed by atoms with Crippen molar-refractivity contribution in [2.45, 2.75) is 19.3 Å². The van der Waals surface area contributed by atoms with Gasteiger partial charge in [-0.15, -0.1) is 0 Å². The highest BCUT2D eigenvalue weighted by Crippen LogP contribution is 2.35. The highest BCUT2D eigenvalue weighted by Gasteiger charge is 2.37. The van der Waals surface area contributed by atoms with E-state index in [0.29, 0.717) is 43.6 Å². The standard InChI is InChI=1S/C24H21FN4O/c25-20-5-3-18(4-6-20)16-24(17-26)9-14-29(15-10-24)23(30)21-2-1-11-28-22(21)19-7-12-27-13-8-19/h1-8,11-13H,9-10,14-16H2. The lowest BCUT2D eigenvalue weighted by Crippen LogP contribution is -2.43. The number of hydrogen-bond donors (Lipinski definition) is 0. The van der Waals surface area contributed by atoms with Crippen molar-refractivity contribution >= 4 is 5.91 Å². The number of pyridine rings is 2. The molecule has 6 heteroatoms. The minimum Gasteiger partial charge on any atom is -0.338 e. The van der Waals surface area contributed by atoms with Crippen LogP contribution in [0.4, 0.5) is 4.39 Å². The molecule has 0 unspecified atom stereocenters. The molecule has 3 heterocycles. The molecule has 0 N–H and O–H groups in total. The van der Waals surface area contributed by atoms with Crippen molar-refractivity contribution in [2.75, 3.05) is 13.1 Å². The summed E-state index contributed by atoms with van der Waals surface area (Å²) < 4.78 is 13.2. The first-order chi connectivity index (χ1) is 14.6. The van der Waals surface area contributed by atoms with E-state index in [9.17, 15) is 14.4 Å².